The highest BCUT2D eigenvalue weighted by atomic mass is 16.5. The molecule has 4 heteroatoms. The van der Waals surface area contributed by atoms with Crippen molar-refractivity contribution in [2.45, 2.75) is 19.5 Å². The van der Waals surface area contributed by atoms with Gasteiger partial charge in [-0.05, 0) is 43.8 Å². The van der Waals surface area contributed by atoms with E-state index in [1.807, 2.05) is 31.2 Å². The second kappa shape index (κ2) is 6.59. The Morgan fingerprint density at radius 1 is 1.20 bits per heavy atom. The Kier molecular flexibility index (Phi) is 4.82. The average Bonchev–Trinajstić information content (AvgIpc) is 2.87. The lowest BCUT2D eigenvalue weighted by Crippen LogP contribution is -2.29. The molecule has 2 aromatic rings. The number of nitrogens with two attached hydrogens (primary N) is 1. The number of ether oxygens (including phenoxy) is 1. The third-order valence-electron chi connectivity index (χ3n) is 3.44. The van der Waals surface area contributed by atoms with Crippen molar-refractivity contribution in [2.75, 3.05) is 20.7 Å². The van der Waals surface area contributed by atoms with Crippen LogP contribution in [0, 0.1) is 6.92 Å². The van der Waals surface area contributed by atoms with Gasteiger partial charge in [-0.3, -0.25) is 4.90 Å². The van der Waals surface area contributed by atoms with Gasteiger partial charge in [0.2, 0.25) is 0 Å². The minimum absolute atomic E-state index is 0.0887. The predicted octanol–water partition coefficient (Wildman–Crippen LogP) is 2.73. The van der Waals surface area contributed by atoms with Gasteiger partial charge >= 0.3 is 0 Å². The molecule has 1 atom stereocenters. The Labute approximate surface area is 120 Å². The van der Waals surface area contributed by atoms with Crippen molar-refractivity contribution < 1.29 is 9.15 Å². The summed E-state index contributed by atoms with van der Waals surface area (Å²) in [6.45, 7) is 3.28. The number of benzene rings is 1. The lowest BCUT2D eigenvalue weighted by atomic mass is 10.1. The van der Waals surface area contributed by atoms with E-state index in [4.69, 9.17) is 14.9 Å². The van der Waals surface area contributed by atoms with E-state index in [0.717, 1.165) is 23.8 Å². The fourth-order valence-corrected chi connectivity index (χ4v) is 2.27. The Morgan fingerprint density at radius 3 is 2.40 bits per heavy atom. The fraction of sp³-hybridized carbons (Fsp3) is 0.375. The van der Waals surface area contributed by atoms with Crippen LogP contribution in [0.1, 0.15) is 23.1 Å². The molecule has 0 aliphatic rings. The van der Waals surface area contributed by atoms with Crippen LogP contribution < -0.4 is 10.5 Å². The topological polar surface area (TPSA) is 51.6 Å². The summed E-state index contributed by atoms with van der Waals surface area (Å²) in [5, 5.41) is 0. The molecule has 0 aliphatic heterocycles. The van der Waals surface area contributed by atoms with Crippen LogP contribution >= 0.6 is 0 Å². The smallest absolute Gasteiger partial charge is 0.122 e. The third-order valence-corrected chi connectivity index (χ3v) is 3.44. The first-order chi connectivity index (χ1) is 9.63. The summed E-state index contributed by atoms with van der Waals surface area (Å²) < 4.78 is 10.9. The molecular weight excluding hydrogens is 252 g/mol. The molecule has 0 aliphatic carbocycles. The third kappa shape index (κ3) is 3.40. The lowest BCUT2D eigenvalue weighted by Gasteiger charge is -2.25. The molecule has 20 heavy (non-hydrogen) atoms. The van der Waals surface area contributed by atoms with Gasteiger partial charge in [-0.15, -0.1) is 0 Å². The molecule has 1 unspecified atom stereocenters. The average molecular weight is 274 g/mol. The lowest BCUT2D eigenvalue weighted by molar-refractivity contribution is 0.211. The highest BCUT2D eigenvalue weighted by Gasteiger charge is 2.18. The van der Waals surface area contributed by atoms with Crippen LogP contribution in [0.5, 0.6) is 5.75 Å². The van der Waals surface area contributed by atoms with Crippen molar-refractivity contribution in [3.8, 4) is 5.75 Å². The Balaban J connectivity index is 2.06. The number of nitrogens with zero attached hydrogens (tertiary/aromatic N) is 1. The second-order valence-corrected chi connectivity index (χ2v) is 4.96. The van der Waals surface area contributed by atoms with E-state index in [9.17, 15) is 0 Å². The molecule has 0 amide bonds. The zero-order chi connectivity index (χ0) is 14.5. The first kappa shape index (κ1) is 14.6. The monoisotopic (exact) mass is 274 g/mol. The van der Waals surface area contributed by atoms with E-state index in [1.54, 1.807) is 7.11 Å². The molecule has 0 bridgehead atoms. The van der Waals surface area contributed by atoms with E-state index >= 15 is 0 Å². The van der Waals surface area contributed by atoms with Gasteiger partial charge in [0, 0.05) is 13.1 Å². The molecular formula is C16H22N2O2. The van der Waals surface area contributed by atoms with Crippen molar-refractivity contribution >= 4 is 0 Å². The summed E-state index contributed by atoms with van der Waals surface area (Å²) in [5.74, 6) is 2.70. The molecule has 0 spiro atoms. The Bertz CT molecular complexity index is 534. The zero-order valence-corrected chi connectivity index (χ0v) is 12.3. The minimum atomic E-state index is 0.0887. The summed E-state index contributed by atoms with van der Waals surface area (Å²) in [6.07, 6.45) is 0. The van der Waals surface area contributed by atoms with Crippen LogP contribution in [0.25, 0.3) is 0 Å². The number of methoxy groups -OCH3 is 1. The quantitative estimate of drug-likeness (QED) is 0.880. The van der Waals surface area contributed by atoms with Crippen molar-refractivity contribution in [1.29, 1.82) is 0 Å². The van der Waals surface area contributed by atoms with Crippen LogP contribution in [0.15, 0.2) is 40.8 Å². The molecule has 0 radical (unpaired) electrons. The molecule has 108 valence electrons. The van der Waals surface area contributed by atoms with Gasteiger partial charge in [-0.1, -0.05) is 12.1 Å². The van der Waals surface area contributed by atoms with Gasteiger partial charge in [-0.25, -0.2) is 0 Å². The molecule has 2 rings (SSSR count). The van der Waals surface area contributed by atoms with Crippen LogP contribution in [-0.4, -0.2) is 25.6 Å². The van der Waals surface area contributed by atoms with E-state index in [2.05, 4.69) is 24.1 Å². The molecule has 0 saturated heterocycles. The second-order valence-electron chi connectivity index (χ2n) is 4.96. The van der Waals surface area contributed by atoms with Gasteiger partial charge in [0.25, 0.3) is 0 Å². The van der Waals surface area contributed by atoms with E-state index in [1.165, 1.54) is 5.56 Å². The maximum Gasteiger partial charge on any atom is 0.122 e. The number of likely N-dealkylation sites (N-methyl/N-ethyl adjacent to an activating group) is 1. The summed E-state index contributed by atoms with van der Waals surface area (Å²) in [7, 11) is 3.73. The van der Waals surface area contributed by atoms with E-state index < -0.39 is 0 Å². The van der Waals surface area contributed by atoms with Crippen LogP contribution in [0.4, 0.5) is 0 Å². The molecule has 1 heterocycles. The van der Waals surface area contributed by atoms with Gasteiger partial charge in [0.05, 0.1) is 13.2 Å². The first-order valence-corrected chi connectivity index (χ1v) is 6.73. The highest BCUT2D eigenvalue weighted by Crippen LogP contribution is 2.23. The first-order valence-electron chi connectivity index (χ1n) is 6.73. The van der Waals surface area contributed by atoms with Gasteiger partial charge < -0.3 is 14.9 Å². The van der Waals surface area contributed by atoms with Crippen molar-refractivity contribution in [1.82, 2.24) is 4.90 Å². The van der Waals surface area contributed by atoms with Gasteiger partial charge in [0.15, 0.2) is 0 Å². The molecule has 4 nitrogen and oxygen atoms in total. The summed E-state index contributed by atoms with van der Waals surface area (Å²) in [5.41, 5.74) is 7.11. The van der Waals surface area contributed by atoms with Crippen molar-refractivity contribution in [2.24, 2.45) is 5.73 Å². The fourth-order valence-electron chi connectivity index (χ4n) is 2.27. The standard InChI is InChI=1S/C16H22N2O2/c1-12-4-9-16(20-12)15(10-17)18(2)11-13-5-7-14(19-3)8-6-13/h4-9,15H,10-11,17H2,1-3H3. The van der Waals surface area contributed by atoms with E-state index in [0.29, 0.717) is 6.54 Å². The molecule has 0 fully saturated rings. The predicted molar refractivity (Wildman–Crippen MR) is 79.7 cm³/mol. The largest absolute Gasteiger partial charge is 0.497 e. The van der Waals surface area contributed by atoms with Crippen LogP contribution in [0.3, 0.4) is 0 Å². The maximum absolute atomic E-state index is 5.89. The molecule has 0 saturated carbocycles. The normalized spacial score (nSPS) is 12.7. The number of furan rings is 1. The number of rotatable bonds is 6. The number of aryl methyl sites for hydroxylation is 1. The maximum atomic E-state index is 5.89. The van der Waals surface area contributed by atoms with Crippen LogP contribution in [0.2, 0.25) is 0 Å². The SMILES string of the molecule is COc1ccc(CN(C)C(CN)c2ccc(C)o2)cc1. The van der Waals surface area contributed by atoms with Crippen molar-refractivity contribution in [3.05, 3.63) is 53.5 Å². The number of hydrogen-bond donors (Lipinski definition) is 1. The van der Waals surface area contributed by atoms with Crippen LogP contribution in [-0.2, 0) is 6.54 Å². The highest BCUT2D eigenvalue weighted by molar-refractivity contribution is 5.27. The summed E-state index contributed by atoms with van der Waals surface area (Å²) in [6, 6.07) is 12.1. The van der Waals surface area contributed by atoms with Crippen molar-refractivity contribution in [3.63, 3.8) is 0 Å². The zero-order valence-electron chi connectivity index (χ0n) is 12.3. The Morgan fingerprint density at radius 2 is 1.90 bits per heavy atom. The van der Waals surface area contributed by atoms with Gasteiger partial charge in [0.1, 0.15) is 17.3 Å². The minimum Gasteiger partial charge on any atom is -0.497 e. The molecule has 1 aromatic heterocycles. The summed E-state index contributed by atoms with van der Waals surface area (Å²) in [4.78, 5) is 2.19. The van der Waals surface area contributed by atoms with Gasteiger partial charge in [-0.2, -0.15) is 0 Å². The molecule has 2 N–H and O–H groups in total. The Hall–Kier alpha value is -1.78. The van der Waals surface area contributed by atoms with E-state index in [-0.39, 0.29) is 6.04 Å². The number of hydrogen-bond acceptors (Lipinski definition) is 4. The molecule has 1 aromatic carbocycles. The summed E-state index contributed by atoms with van der Waals surface area (Å²) >= 11 is 0.